The number of benzene rings is 4. The predicted molar refractivity (Wildman–Crippen MR) is 165 cm³/mol. The molecule has 0 saturated carbocycles. The normalized spacial score (nSPS) is 17.4. The van der Waals surface area contributed by atoms with Gasteiger partial charge in [0.15, 0.2) is 9.84 Å². The lowest BCUT2D eigenvalue weighted by molar-refractivity contribution is -0.142. The zero-order valence-corrected chi connectivity index (χ0v) is 24.8. The first-order valence-electron chi connectivity index (χ1n) is 14.0. The fraction of sp³-hybridized carbons (Fsp3) is 0.235. The molecule has 43 heavy (non-hydrogen) atoms. The number of hydrogen-bond donors (Lipinski definition) is 1. The average molecular weight is 598 g/mol. The standard InChI is InChI=1S/C34H31NO7S/c1-34(2,3)42-33(38)35-20-25(19-29(35)32(36)37)43(39,40)24-17-15-22(16-18-24)21-11-13-23(14-12-21)26-8-6-9-28-27-7-4-5-10-30(27)41-31(26)28/h4-18,25,29H,19-20H2,1-3H3,(H,36,37)/t25?,29-/m0/s1. The molecule has 6 rings (SSSR count). The van der Waals surface area contributed by atoms with E-state index < -0.39 is 38.8 Å². The molecule has 0 aliphatic carbocycles. The van der Waals surface area contributed by atoms with E-state index in [1.807, 2.05) is 60.7 Å². The van der Waals surface area contributed by atoms with Crippen LogP contribution in [-0.4, -0.2) is 53.9 Å². The second-order valence-electron chi connectivity index (χ2n) is 11.8. The van der Waals surface area contributed by atoms with E-state index in [1.165, 1.54) is 12.1 Å². The Morgan fingerprint density at radius 3 is 2.09 bits per heavy atom. The molecule has 1 aliphatic heterocycles. The van der Waals surface area contributed by atoms with Crippen LogP contribution < -0.4 is 0 Å². The summed E-state index contributed by atoms with van der Waals surface area (Å²) in [6, 6.07) is 27.3. The number of likely N-dealkylation sites (tertiary alicyclic amines) is 1. The second kappa shape index (κ2) is 10.6. The first-order chi connectivity index (χ1) is 20.4. The maximum absolute atomic E-state index is 13.5. The number of carbonyl (C=O) groups is 2. The van der Waals surface area contributed by atoms with E-state index in [0.29, 0.717) is 0 Å². The van der Waals surface area contributed by atoms with Crippen LogP contribution in [0.15, 0.2) is 100 Å². The van der Waals surface area contributed by atoms with Crippen molar-refractivity contribution < 1.29 is 32.3 Å². The van der Waals surface area contributed by atoms with Crippen LogP contribution in [0.25, 0.3) is 44.2 Å². The summed E-state index contributed by atoms with van der Waals surface area (Å²) in [6.45, 7) is 4.75. The highest BCUT2D eigenvalue weighted by atomic mass is 32.2. The van der Waals surface area contributed by atoms with Crippen molar-refractivity contribution in [3.05, 3.63) is 91.0 Å². The summed E-state index contributed by atoms with van der Waals surface area (Å²) in [5.74, 6) is -1.26. The molecular weight excluding hydrogens is 566 g/mol. The van der Waals surface area contributed by atoms with Gasteiger partial charge in [-0.15, -0.1) is 0 Å². The van der Waals surface area contributed by atoms with Crippen molar-refractivity contribution >= 4 is 43.8 Å². The van der Waals surface area contributed by atoms with Gasteiger partial charge in [-0.05, 0) is 62.1 Å². The third kappa shape index (κ3) is 5.36. The van der Waals surface area contributed by atoms with Crippen LogP contribution in [0.4, 0.5) is 4.79 Å². The van der Waals surface area contributed by atoms with Crippen molar-refractivity contribution in [3.63, 3.8) is 0 Å². The number of fused-ring (bicyclic) bond motifs is 3. The Morgan fingerprint density at radius 1 is 0.837 bits per heavy atom. The fourth-order valence-corrected chi connectivity index (χ4v) is 7.32. The lowest BCUT2D eigenvalue weighted by atomic mass is 9.99. The molecule has 1 unspecified atom stereocenters. The average Bonchev–Trinajstić information content (AvgIpc) is 3.60. The van der Waals surface area contributed by atoms with Gasteiger partial charge in [0.05, 0.1) is 10.1 Å². The summed E-state index contributed by atoms with van der Waals surface area (Å²) in [7, 11) is -3.91. The Kier molecular flexibility index (Phi) is 7.01. The zero-order valence-electron chi connectivity index (χ0n) is 24.0. The highest BCUT2D eigenvalue weighted by Gasteiger charge is 2.46. The summed E-state index contributed by atoms with van der Waals surface area (Å²) in [4.78, 5) is 25.6. The molecule has 1 amide bonds. The highest BCUT2D eigenvalue weighted by molar-refractivity contribution is 7.92. The van der Waals surface area contributed by atoms with Gasteiger partial charge in [-0.3, -0.25) is 4.90 Å². The summed E-state index contributed by atoms with van der Waals surface area (Å²) in [5, 5.41) is 10.7. The number of carboxylic acids is 1. The SMILES string of the molecule is CC(C)(C)OC(=O)N1CC(S(=O)(=O)c2ccc(-c3ccc(-c4cccc5c4oc4ccccc45)cc3)cc2)C[C@H]1C(=O)O. The fourth-order valence-electron chi connectivity index (χ4n) is 5.62. The lowest BCUT2D eigenvalue weighted by Crippen LogP contribution is -2.43. The number of hydrogen-bond acceptors (Lipinski definition) is 6. The van der Waals surface area contributed by atoms with Crippen molar-refractivity contribution in [1.29, 1.82) is 0 Å². The number of aliphatic carboxylic acids is 1. The van der Waals surface area contributed by atoms with E-state index in [9.17, 15) is 23.1 Å². The van der Waals surface area contributed by atoms with Crippen LogP contribution in [0.5, 0.6) is 0 Å². The van der Waals surface area contributed by atoms with Crippen molar-refractivity contribution in [3.8, 4) is 22.3 Å². The van der Waals surface area contributed by atoms with Gasteiger partial charge in [-0.25, -0.2) is 18.0 Å². The molecule has 4 aromatic carbocycles. The van der Waals surface area contributed by atoms with E-state index in [0.717, 1.165) is 49.1 Å². The maximum Gasteiger partial charge on any atom is 0.411 e. The lowest BCUT2D eigenvalue weighted by Gasteiger charge is -2.26. The van der Waals surface area contributed by atoms with Crippen LogP contribution >= 0.6 is 0 Å². The number of para-hydroxylation sites is 2. The molecule has 0 radical (unpaired) electrons. The smallest absolute Gasteiger partial charge is 0.411 e. The Labute approximate surface area is 249 Å². The first kappa shape index (κ1) is 28.5. The van der Waals surface area contributed by atoms with Crippen molar-refractivity contribution in [2.24, 2.45) is 0 Å². The number of sulfone groups is 1. The summed E-state index contributed by atoms with van der Waals surface area (Å²) in [6.07, 6.45) is -1.05. The molecule has 1 N–H and O–H groups in total. The monoisotopic (exact) mass is 597 g/mol. The Balaban J connectivity index is 1.22. The summed E-state index contributed by atoms with van der Waals surface area (Å²) in [5.41, 5.74) is 4.55. The van der Waals surface area contributed by atoms with Gasteiger partial charge in [-0.2, -0.15) is 0 Å². The predicted octanol–water partition coefficient (Wildman–Crippen LogP) is 7.16. The minimum atomic E-state index is -3.91. The quantitative estimate of drug-likeness (QED) is 0.229. The van der Waals surface area contributed by atoms with Crippen LogP contribution in [0, 0.1) is 0 Å². The molecule has 220 valence electrons. The van der Waals surface area contributed by atoms with E-state index in [1.54, 1.807) is 32.9 Å². The molecular formula is C34H31NO7S. The van der Waals surface area contributed by atoms with Gasteiger partial charge < -0.3 is 14.3 Å². The number of rotatable bonds is 5. The number of furan rings is 1. The molecule has 2 atom stereocenters. The van der Waals surface area contributed by atoms with Gasteiger partial charge in [0.25, 0.3) is 0 Å². The minimum absolute atomic E-state index is 0.0737. The highest BCUT2D eigenvalue weighted by Crippen LogP contribution is 2.37. The van der Waals surface area contributed by atoms with Gasteiger partial charge in [0.1, 0.15) is 22.8 Å². The number of carbonyl (C=O) groups excluding carboxylic acids is 1. The Hall–Kier alpha value is -4.63. The molecule has 8 nitrogen and oxygen atoms in total. The third-order valence-electron chi connectivity index (χ3n) is 7.73. The van der Waals surface area contributed by atoms with Gasteiger partial charge >= 0.3 is 12.1 Å². The molecule has 0 bridgehead atoms. The molecule has 9 heteroatoms. The third-order valence-corrected chi connectivity index (χ3v) is 9.88. The van der Waals surface area contributed by atoms with E-state index in [-0.39, 0.29) is 17.9 Å². The molecule has 1 saturated heterocycles. The van der Waals surface area contributed by atoms with Crippen molar-refractivity contribution in [2.45, 2.75) is 49.0 Å². The van der Waals surface area contributed by atoms with E-state index in [4.69, 9.17) is 9.15 Å². The molecule has 2 heterocycles. The van der Waals surface area contributed by atoms with Crippen LogP contribution in [0.2, 0.25) is 0 Å². The zero-order chi connectivity index (χ0) is 30.5. The van der Waals surface area contributed by atoms with Gasteiger partial charge in [-0.1, -0.05) is 72.8 Å². The number of ether oxygens (including phenoxy) is 1. The number of nitrogens with zero attached hydrogens (tertiary/aromatic N) is 1. The molecule has 0 spiro atoms. The topological polar surface area (TPSA) is 114 Å². The van der Waals surface area contributed by atoms with Crippen LogP contribution in [-0.2, 0) is 19.4 Å². The largest absolute Gasteiger partial charge is 0.480 e. The van der Waals surface area contributed by atoms with Crippen molar-refractivity contribution in [2.75, 3.05) is 6.54 Å². The minimum Gasteiger partial charge on any atom is -0.480 e. The van der Waals surface area contributed by atoms with Gasteiger partial charge in [0.2, 0.25) is 0 Å². The van der Waals surface area contributed by atoms with E-state index >= 15 is 0 Å². The molecule has 1 aliphatic rings. The van der Waals surface area contributed by atoms with Crippen LogP contribution in [0.1, 0.15) is 27.2 Å². The second-order valence-corrected chi connectivity index (χ2v) is 14.0. The molecule has 1 aromatic heterocycles. The maximum atomic E-state index is 13.5. The van der Waals surface area contributed by atoms with Crippen molar-refractivity contribution in [1.82, 2.24) is 4.90 Å². The van der Waals surface area contributed by atoms with E-state index in [2.05, 4.69) is 6.07 Å². The first-order valence-corrected chi connectivity index (χ1v) is 15.5. The van der Waals surface area contributed by atoms with Gasteiger partial charge in [0, 0.05) is 22.9 Å². The number of carboxylic acid groups (broad SMARTS) is 1. The molecule has 1 fully saturated rings. The molecule has 5 aromatic rings. The summed E-state index contributed by atoms with van der Waals surface area (Å²) < 4.78 is 38.5. The summed E-state index contributed by atoms with van der Waals surface area (Å²) >= 11 is 0. The Bertz CT molecular complexity index is 1950. The van der Waals surface area contributed by atoms with Crippen LogP contribution in [0.3, 0.4) is 0 Å². The number of amides is 1. The Morgan fingerprint density at radius 2 is 1.44 bits per heavy atom.